The molecule has 2 fully saturated rings. The maximum absolute atomic E-state index is 12.6. The molecule has 1 aliphatic heterocycles. The van der Waals surface area contributed by atoms with Crippen LogP contribution in [0.3, 0.4) is 0 Å². The van der Waals surface area contributed by atoms with Crippen LogP contribution in [0.1, 0.15) is 28.8 Å². The van der Waals surface area contributed by atoms with E-state index in [2.05, 4.69) is 44.1 Å². The first-order chi connectivity index (χ1) is 17.0. The monoisotopic (exact) mass is 490 g/mol. The Morgan fingerprint density at radius 2 is 1.49 bits per heavy atom. The molecule has 1 heterocycles. The molecule has 35 heavy (non-hydrogen) atoms. The molecule has 0 radical (unpaired) electrons. The molecule has 7 nitrogen and oxygen atoms in total. The van der Waals surface area contributed by atoms with Gasteiger partial charge in [-0.25, -0.2) is 13.1 Å². The summed E-state index contributed by atoms with van der Waals surface area (Å²) in [6, 6.07) is 24.5. The standard InChI is InChI=1S/C27H30N4O3S/c32-27(22-6-14-26(15-7-22)35(33,34)29-24-8-9-24)28-23-10-12-25(13-11-23)31-18-16-30(17-19-31)20-21-4-2-1-3-5-21/h1-7,10-15,24,29H,8-9,16-20H2,(H,28,32). The van der Waals surface area contributed by atoms with Crippen LogP contribution in [0.5, 0.6) is 0 Å². The second kappa shape index (κ2) is 10.2. The van der Waals surface area contributed by atoms with Gasteiger partial charge < -0.3 is 10.2 Å². The van der Waals surface area contributed by atoms with Gasteiger partial charge in [0.15, 0.2) is 0 Å². The summed E-state index contributed by atoms with van der Waals surface area (Å²) < 4.78 is 27.2. The lowest BCUT2D eigenvalue weighted by Crippen LogP contribution is -2.45. The molecule has 0 unspecified atom stereocenters. The zero-order valence-electron chi connectivity index (χ0n) is 19.6. The topological polar surface area (TPSA) is 81.8 Å². The van der Waals surface area contributed by atoms with Crippen LogP contribution in [0.25, 0.3) is 0 Å². The average molecular weight is 491 g/mol. The van der Waals surface area contributed by atoms with Crippen LogP contribution in [-0.2, 0) is 16.6 Å². The van der Waals surface area contributed by atoms with Crippen LogP contribution in [0, 0.1) is 0 Å². The molecule has 0 bridgehead atoms. The van der Waals surface area contributed by atoms with E-state index in [1.807, 2.05) is 30.3 Å². The number of piperazine rings is 1. The van der Waals surface area contributed by atoms with Gasteiger partial charge in [-0.3, -0.25) is 9.69 Å². The molecule has 1 saturated heterocycles. The summed E-state index contributed by atoms with van der Waals surface area (Å²) in [6.07, 6.45) is 1.76. The van der Waals surface area contributed by atoms with Crippen molar-refractivity contribution in [3.8, 4) is 0 Å². The second-order valence-corrected chi connectivity index (χ2v) is 10.9. The Morgan fingerprint density at radius 3 is 2.11 bits per heavy atom. The van der Waals surface area contributed by atoms with Gasteiger partial charge >= 0.3 is 0 Å². The van der Waals surface area contributed by atoms with Gasteiger partial charge in [0.1, 0.15) is 0 Å². The largest absolute Gasteiger partial charge is 0.369 e. The van der Waals surface area contributed by atoms with Crippen molar-refractivity contribution in [1.29, 1.82) is 0 Å². The van der Waals surface area contributed by atoms with E-state index in [1.165, 1.54) is 17.7 Å². The van der Waals surface area contributed by atoms with Gasteiger partial charge in [-0.15, -0.1) is 0 Å². The number of rotatable bonds is 8. The minimum Gasteiger partial charge on any atom is -0.369 e. The number of amides is 1. The first-order valence-electron chi connectivity index (χ1n) is 12.0. The molecule has 0 atom stereocenters. The highest BCUT2D eigenvalue weighted by atomic mass is 32.2. The Kier molecular flexibility index (Phi) is 6.86. The van der Waals surface area contributed by atoms with Crippen molar-refractivity contribution in [2.24, 2.45) is 0 Å². The molecule has 1 amide bonds. The number of sulfonamides is 1. The molecule has 8 heteroatoms. The summed E-state index contributed by atoms with van der Waals surface area (Å²) >= 11 is 0. The Morgan fingerprint density at radius 1 is 0.829 bits per heavy atom. The third-order valence-electron chi connectivity index (χ3n) is 6.44. The zero-order valence-corrected chi connectivity index (χ0v) is 20.4. The summed E-state index contributed by atoms with van der Waals surface area (Å²) in [5, 5.41) is 2.89. The van der Waals surface area contributed by atoms with Crippen molar-refractivity contribution in [3.63, 3.8) is 0 Å². The number of nitrogens with zero attached hydrogens (tertiary/aromatic N) is 2. The summed E-state index contributed by atoms with van der Waals surface area (Å²) in [5.41, 5.74) is 3.59. The molecule has 1 aliphatic carbocycles. The van der Waals surface area contributed by atoms with Crippen molar-refractivity contribution >= 4 is 27.3 Å². The molecular formula is C27H30N4O3S. The van der Waals surface area contributed by atoms with Gasteiger partial charge in [0.2, 0.25) is 10.0 Å². The van der Waals surface area contributed by atoms with Crippen molar-refractivity contribution < 1.29 is 13.2 Å². The molecule has 3 aromatic carbocycles. The molecule has 2 aliphatic rings. The Balaban J connectivity index is 1.13. The average Bonchev–Trinajstić information content (AvgIpc) is 3.69. The fourth-order valence-corrected chi connectivity index (χ4v) is 5.54. The highest BCUT2D eigenvalue weighted by Crippen LogP contribution is 2.23. The summed E-state index contributed by atoms with van der Waals surface area (Å²) in [6.45, 7) is 4.92. The number of carbonyl (C=O) groups excluding carboxylic acids is 1. The number of hydrogen-bond donors (Lipinski definition) is 2. The number of anilines is 2. The second-order valence-electron chi connectivity index (χ2n) is 9.17. The number of hydrogen-bond acceptors (Lipinski definition) is 5. The van der Waals surface area contributed by atoms with Crippen LogP contribution in [-0.4, -0.2) is 51.4 Å². The minimum absolute atomic E-state index is 0.0455. The minimum atomic E-state index is -3.52. The van der Waals surface area contributed by atoms with E-state index in [0.717, 1.165) is 51.3 Å². The normalized spacial score (nSPS) is 16.7. The van der Waals surface area contributed by atoms with Gasteiger partial charge in [-0.2, -0.15) is 0 Å². The summed E-state index contributed by atoms with van der Waals surface area (Å²) in [7, 11) is -3.52. The van der Waals surface area contributed by atoms with Gasteiger partial charge in [0.05, 0.1) is 4.90 Å². The third-order valence-corrected chi connectivity index (χ3v) is 7.97. The quantitative estimate of drug-likeness (QED) is 0.503. The van der Waals surface area contributed by atoms with Crippen LogP contribution in [0.4, 0.5) is 11.4 Å². The van der Waals surface area contributed by atoms with Crippen molar-refractivity contribution in [3.05, 3.63) is 90.0 Å². The zero-order chi connectivity index (χ0) is 24.3. The molecule has 2 N–H and O–H groups in total. The summed E-state index contributed by atoms with van der Waals surface area (Å²) in [5.74, 6) is -0.272. The van der Waals surface area contributed by atoms with E-state index < -0.39 is 10.0 Å². The molecule has 5 rings (SSSR count). The molecule has 182 valence electrons. The molecule has 0 spiro atoms. The lowest BCUT2D eigenvalue weighted by molar-refractivity contribution is 0.102. The highest BCUT2D eigenvalue weighted by molar-refractivity contribution is 7.89. The maximum Gasteiger partial charge on any atom is 0.255 e. The van der Waals surface area contributed by atoms with Crippen LogP contribution in [0.2, 0.25) is 0 Å². The molecule has 1 saturated carbocycles. The van der Waals surface area contributed by atoms with Crippen molar-refractivity contribution in [2.75, 3.05) is 36.4 Å². The Hall–Kier alpha value is -3.20. The predicted octanol–water partition coefficient (Wildman–Crippen LogP) is 3.70. The number of benzene rings is 3. The lowest BCUT2D eigenvalue weighted by Gasteiger charge is -2.36. The van der Waals surface area contributed by atoms with Gasteiger partial charge in [0.25, 0.3) is 5.91 Å². The fraction of sp³-hybridized carbons (Fsp3) is 0.296. The van der Waals surface area contributed by atoms with Crippen LogP contribution >= 0.6 is 0 Å². The lowest BCUT2D eigenvalue weighted by atomic mass is 10.2. The predicted molar refractivity (Wildman–Crippen MR) is 138 cm³/mol. The van der Waals surface area contributed by atoms with Crippen LogP contribution in [0.15, 0.2) is 83.8 Å². The van der Waals surface area contributed by atoms with Crippen molar-refractivity contribution in [1.82, 2.24) is 9.62 Å². The van der Waals surface area contributed by atoms with E-state index in [4.69, 9.17) is 0 Å². The fourth-order valence-electron chi connectivity index (χ4n) is 4.24. The van der Waals surface area contributed by atoms with E-state index in [0.29, 0.717) is 11.3 Å². The first kappa shape index (κ1) is 23.5. The molecular weight excluding hydrogens is 460 g/mol. The van der Waals surface area contributed by atoms with E-state index in [1.54, 1.807) is 12.1 Å². The van der Waals surface area contributed by atoms with E-state index in [9.17, 15) is 13.2 Å². The Labute approximate surface area is 206 Å². The van der Waals surface area contributed by atoms with Crippen molar-refractivity contribution in [2.45, 2.75) is 30.3 Å². The summed E-state index contributed by atoms with van der Waals surface area (Å²) in [4.78, 5) is 17.7. The third kappa shape index (κ3) is 6.08. The van der Waals surface area contributed by atoms with Gasteiger partial charge in [-0.05, 0) is 66.9 Å². The highest BCUT2D eigenvalue weighted by Gasteiger charge is 2.28. The van der Waals surface area contributed by atoms with E-state index in [-0.39, 0.29) is 16.8 Å². The first-order valence-corrected chi connectivity index (χ1v) is 13.5. The SMILES string of the molecule is O=C(Nc1ccc(N2CCN(Cc3ccccc3)CC2)cc1)c1ccc(S(=O)(=O)NC2CC2)cc1. The number of carbonyl (C=O) groups is 1. The van der Waals surface area contributed by atoms with Crippen LogP contribution < -0.4 is 14.9 Å². The molecule has 3 aromatic rings. The smallest absolute Gasteiger partial charge is 0.255 e. The van der Waals surface area contributed by atoms with E-state index >= 15 is 0 Å². The van der Waals surface area contributed by atoms with Gasteiger partial charge in [0, 0.05) is 55.7 Å². The number of nitrogens with one attached hydrogen (secondary N) is 2. The molecule has 0 aromatic heterocycles. The Bertz CT molecular complexity index is 1250. The maximum atomic E-state index is 12.6. The van der Waals surface area contributed by atoms with Gasteiger partial charge in [-0.1, -0.05) is 30.3 Å².